The molecule has 0 aliphatic carbocycles. The highest BCUT2D eigenvalue weighted by Gasteiger charge is 2.28. The number of nitrogens with zero attached hydrogens (tertiary/aromatic N) is 3. The van der Waals surface area contributed by atoms with Gasteiger partial charge in [-0.1, -0.05) is 6.92 Å². The maximum atomic E-state index is 5.53. The Kier molecular flexibility index (Phi) is 4.94. The van der Waals surface area contributed by atoms with Crippen LogP contribution in [0, 0.1) is 0 Å². The van der Waals surface area contributed by atoms with Gasteiger partial charge >= 0.3 is 6.01 Å². The Hall–Kier alpha value is -1.63. The first-order chi connectivity index (χ1) is 9.65. The third-order valence-electron chi connectivity index (χ3n) is 3.13. The van der Waals surface area contributed by atoms with E-state index in [2.05, 4.69) is 32.5 Å². The summed E-state index contributed by atoms with van der Waals surface area (Å²) in [5.74, 6) is 1.01. The molecule has 20 heavy (non-hydrogen) atoms. The van der Waals surface area contributed by atoms with E-state index in [1.807, 2.05) is 6.92 Å². The zero-order chi connectivity index (χ0) is 14.4. The largest absolute Gasteiger partial charge is 0.463 e. The van der Waals surface area contributed by atoms with Crippen molar-refractivity contribution < 1.29 is 9.47 Å². The van der Waals surface area contributed by atoms with Crippen LogP contribution < -0.4 is 15.4 Å². The van der Waals surface area contributed by atoms with E-state index in [1.165, 1.54) is 0 Å². The topological polar surface area (TPSA) is 81.2 Å². The lowest BCUT2D eigenvalue weighted by Gasteiger charge is -2.34. The highest BCUT2D eigenvalue weighted by molar-refractivity contribution is 5.37. The fourth-order valence-electron chi connectivity index (χ4n) is 2.08. The van der Waals surface area contributed by atoms with Crippen LogP contribution in [0.25, 0.3) is 0 Å². The van der Waals surface area contributed by atoms with Gasteiger partial charge in [0.1, 0.15) is 0 Å². The van der Waals surface area contributed by atoms with Crippen molar-refractivity contribution in [1.82, 2.24) is 15.0 Å². The number of hydrogen-bond donors (Lipinski definition) is 2. The maximum Gasteiger partial charge on any atom is 0.323 e. The molecule has 0 radical (unpaired) electrons. The Morgan fingerprint density at radius 3 is 2.75 bits per heavy atom. The van der Waals surface area contributed by atoms with Crippen LogP contribution in [-0.4, -0.2) is 47.4 Å². The SMILES string of the molecule is CCCOc1nc(NC)nc(NC2(C)CCCOC2)n1. The molecule has 1 aliphatic heterocycles. The third-order valence-corrected chi connectivity index (χ3v) is 3.13. The molecule has 1 unspecified atom stereocenters. The van der Waals surface area contributed by atoms with Gasteiger partial charge < -0.3 is 20.1 Å². The lowest BCUT2D eigenvalue weighted by atomic mass is 9.95. The first kappa shape index (κ1) is 14.8. The molecule has 0 amide bonds. The van der Waals surface area contributed by atoms with Crippen LogP contribution >= 0.6 is 0 Å². The van der Waals surface area contributed by atoms with E-state index in [0.717, 1.165) is 25.9 Å². The Balaban J connectivity index is 2.12. The van der Waals surface area contributed by atoms with E-state index in [0.29, 0.717) is 31.1 Å². The van der Waals surface area contributed by atoms with Crippen LogP contribution in [0.15, 0.2) is 0 Å². The molecule has 0 spiro atoms. The molecule has 0 saturated carbocycles. The van der Waals surface area contributed by atoms with Gasteiger partial charge in [-0.15, -0.1) is 0 Å². The highest BCUT2D eigenvalue weighted by Crippen LogP contribution is 2.23. The monoisotopic (exact) mass is 281 g/mol. The van der Waals surface area contributed by atoms with E-state index in [9.17, 15) is 0 Å². The number of aromatic nitrogens is 3. The summed E-state index contributed by atoms with van der Waals surface area (Å²) in [5, 5.41) is 6.26. The number of anilines is 2. The van der Waals surface area contributed by atoms with Crippen molar-refractivity contribution in [3.05, 3.63) is 0 Å². The van der Waals surface area contributed by atoms with Gasteiger partial charge in [0, 0.05) is 13.7 Å². The van der Waals surface area contributed by atoms with Gasteiger partial charge in [-0.3, -0.25) is 0 Å². The van der Waals surface area contributed by atoms with Crippen molar-refractivity contribution in [2.75, 3.05) is 37.5 Å². The van der Waals surface area contributed by atoms with E-state index < -0.39 is 0 Å². The van der Waals surface area contributed by atoms with Gasteiger partial charge in [-0.25, -0.2) is 0 Å². The van der Waals surface area contributed by atoms with Crippen molar-refractivity contribution in [2.45, 2.75) is 38.6 Å². The fraction of sp³-hybridized carbons (Fsp3) is 0.769. The molecular formula is C13H23N5O2. The number of ether oxygens (including phenoxy) is 2. The second-order valence-corrected chi connectivity index (χ2v) is 5.21. The summed E-state index contributed by atoms with van der Waals surface area (Å²) >= 11 is 0. The van der Waals surface area contributed by atoms with Crippen molar-refractivity contribution in [3.8, 4) is 6.01 Å². The molecule has 1 fully saturated rings. The summed E-state index contributed by atoms with van der Waals surface area (Å²) in [5.41, 5.74) is -0.146. The second-order valence-electron chi connectivity index (χ2n) is 5.21. The summed E-state index contributed by atoms with van der Waals surface area (Å²) in [6.07, 6.45) is 2.97. The molecule has 112 valence electrons. The van der Waals surface area contributed by atoms with Crippen LogP contribution in [0.5, 0.6) is 6.01 Å². The molecule has 1 aliphatic rings. The number of rotatable bonds is 6. The van der Waals surface area contributed by atoms with Crippen LogP contribution in [0.1, 0.15) is 33.1 Å². The minimum Gasteiger partial charge on any atom is -0.463 e. The van der Waals surface area contributed by atoms with E-state index in [-0.39, 0.29) is 5.54 Å². The number of nitrogens with one attached hydrogen (secondary N) is 2. The van der Waals surface area contributed by atoms with Gasteiger partial charge in [-0.2, -0.15) is 15.0 Å². The van der Waals surface area contributed by atoms with Crippen LogP contribution in [0.4, 0.5) is 11.9 Å². The molecular weight excluding hydrogens is 258 g/mol. The normalized spacial score (nSPS) is 22.4. The lowest BCUT2D eigenvalue weighted by molar-refractivity contribution is 0.0537. The Bertz CT molecular complexity index is 435. The van der Waals surface area contributed by atoms with Crippen molar-refractivity contribution in [2.24, 2.45) is 0 Å². The van der Waals surface area contributed by atoms with E-state index in [1.54, 1.807) is 7.05 Å². The summed E-state index contributed by atoms with van der Waals surface area (Å²) in [4.78, 5) is 12.8. The molecule has 2 N–H and O–H groups in total. The molecule has 1 aromatic heterocycles. The van der Waals surface area contributed by atoms with Gasteiger partial charge in [0.2, 0.25) is 11.9 Å². The van der Waals surface area contributed by atoms with Crippen molar-refractivity contribution >= 4 is 11.9 Å². The van der Waals surface area contributed by atoms with Gasteiger partial charge in [0.05, 0.1) is 18.8 Å². The maximum absolute atomic E-state index is 5.53. The van der Waals surface area contributed by atoms with Crippen LogP contribution in [-0.2, 0) is 4.74 Å². The molecule has 0 bridgehead atoms. The molecule has 2 heterocycles. The van der Waals surface area contributed by atoms with Gasteiger partial charge in [-0.05, 0) is 26.2 Å². The van der Waals surface area contributed by atoms with Gasteiger partial charge in [0.25, 0.3) is 0 Å². The predicted molar refractivity (Wildman–Crippen MR) is 77.2 cm³/mol. The average molecular weight is 281 g/mol. The highest BCUT2D eigenvalue weighted by atomic mass is 16.5. The summed E-state index contributed by atoms with van der Waals surface area (Å²) in [6, 6.07) is 0.342. The second kappa shape index (κ2) is 6.69. The molecule has 7 heteroatoms. The summed E-state index contributed by atoms with van der Waals surface area (Å²) in [6.45, 7) is 6.22. The molecule has 7 nitrogen and oxygen atoms in total. The Labute approximate surface area is 119 Å². The van der Waals surface area contributed by atoms with Crippen LogP contribution in [0.3, 0.4) is 0 Å². The Morgan fingerprint density at radius 1 is 1.30 bits per heavy atom. The number of hydrogen-bond acceptors (Lipinski definition) is 7. The van der Waals surface area contributed by atoms with E-state index >= 15 is 0 Å². The summed E-state index contributed by atoms with van der Waals surface area (Å²) in [7, 11) is 1.77. The smallest absolute Gasteiger partial charge is 0.323 e. The quantitative estimate of drug-likeness (QED) is 0.821. The van der Waals surface area contributed by atoms with E-state index in [4.69, 9.17) is 9.47 Å². The first-order valence-corrected chi connectivity index (χ1v) is 7.08. The molecule has 1 saturated heterocycles. The fourth-order valence-corrected chi connectivity index (χ4v) is 2.08. The molecule has 1 aromatic rings. The third kappa shape index (κ3) is 3.93. The minimum absolute atomic E-state index is 0.146. The molecule has 2 rings (SSSR count). The zero-order valence-electron chi connectivity index (χ0n) is 12.4. The molecule has 0 aromatic carbocycles. The average Bonchev–Trinajstić information content (AvgIpc) is 2.45. The first-order valence-electron chi connectivity index (χ1n) is 7.08. The summed E-state index contributed by atoms with van der Waals surface area (Å²) < 4.78 is 11.0. The van der Waals surface area contributed by atoms with Crippen LogP contribution in [0.2, 0.25) is 0 Å². The van der Waals surface area contributed by atoms with Crippen molar-refractivity contribution in [3.63, 3.8) is 0 Å². The van der Waals surface area contributed by atoms with Crippen molar-refractivity contribution in [1.29, 1.82) is 0 Å². The Morgan fingerprint density at radius 2 is 2.10 bits per heavy atom. The lowest BCUT2D eigenvalue weighted by Crippen LogP contribution is -2.43. The zero-order valence-corrected chi connectivity index (χ0v) is 12.4. The predicted octanol–water partition coefficient (Wildman–Crippen LogP) is 1.68. The standard InChI is InChI=1S/C13H23N5O2/c1-4-7-20-12-16-10(14-3)15-11(17-12)18-13(2)6-5-8-19-9-13/h4-9H2,1-3H3,(H2,14,15,16,17,18). The van der Waals surface area contributed by atoms with Gasteiger partial charge in [0.15, 0.2) is 0 Å². The minimum atomic E-state index is -0.146. The molecule has 1 atom stereocenters.